The molecule has 1 heterocycles. The molecule has 2 aromatic carbocycles. The summed E-state index contributed by atoms with van der Waals surface area (Å²) in [5.74, 6) is -0.612. The quantitative estimate of drug-likeness (QED) is 0.541. The van der Waals surface area contributed by atoms with Gasteiger partial charge >= 0.3 is 5.97 Å². The molecule has 0 aliphatic carbocycles. The first-order valence-corrected chi connectivity index (χ1v) is 9.98. The number of likely N-dealkylation sites (N-methyl/N-ethyl adjacent to an activating group) is 1. The van der Waals surface area contributed by atoms with E-state index < -0.39 is 12.1 Å². The fourth-order valence-corrected chi connectivity index (χ4v) is 3.18. The zero-order valence-corrected chi connectivity index (χ0v) is 17.6. The second-order valence-corrected chi connectivity index (χ2v) is 7.11. The van der Waals surface area contributed by atoms with Crippen molar-refractivity contribution in [1.29, 1.82) is 0 Å². The van der Waals surface area contributed by atoms with E-state index in [0.29, 0.717) is 28.3 Å². The van der Waals surface area contributed by atoms with Gasteiger partial charge in [0, 0.05) is 31.1 Å². The number of ether oxygens (including phenoxy) is 2. The predicted molar refractivity (Wildman–Crippen MR) is 115 cm³/mol. The van der Waals surface area contributed by atoms with Crippen molar-refractivity contribution in [3.8, 4) is 5.75 Å². The van der Waals surface area contributed by atoms with Gasteiger partial charge in [-0.3, -0.25) is 14.4 Å². The van der Waals surface area contributed by atoms with Gasteiger partial charge in [-0.05, 0) is 56.3 Å². The van der Waals surface area contributed by atoms with Crippen LogP contribution in [0.1, 0.15) is 47.4 Å². The first kappa shape index (κ1) is 22.0. The van der Waals surface area contributed by atoms with Crippen molar-refractivity contribution in [2.45, 2.75) is 32.8 Å². The van der Waals surface area contributed by atoms with Gasteiger partial charge in [-0.25, -0.2) is 4.79 Å². The average molecular weight is 424 g/mol. The molecule has 0 bridgehead atoms. The summed E-state index contributed by atoms with van der Waals surface area (Å²) in [5.41, 5.74) is 1.85. The summed E-state index contributed by atoms with van der Waals surface area (Å²) in [5, 5.41) is 2.70. The number of fused-ring (bicyclic) bond motifs is 1. The number of Topliss-reactive ketones (excluding diaryl/α,β-unsaturated/α-hetero) is 1. The largest absolute Gasteiger partial charge is 0.479 e. The predicted octanol–water partition coefficient (Wildman–Crippen LogP) is 3.21. The number of rotatable bonds is 7. The number of nitrogens with one attached hydrogen (secondary N) is 1. The molecule has 2 amide bonds. The number of hydrogen-bond donors (Lipinski definition) is 1. The van der Waals surface area contributed by atoms with Crippen molar-refractivity contribution < 1.29 is 28.7 Å². The standard InChI is InChI=1S/C23H24N2O6/c1-4-30-23(29)15-5-8-17(9-6-15)24-21(27)12-10-19(26)16-7-11-20-18(13-16)25(3)22(28)14(2)31-20/h5-9,11,13-14H,4,10,12H2,1-3H3,(H,24,27). The highest BCUT2D eigenvalue weighted by Gasteiger charge is 2.29. The number of anilines is 2. The van der Waals surface area contributed by atoms with Crippen molar-refractivity contribution in [3.63, 3.8) is 0 Å². The van der Waals surface area contributed by atoms with Crippen molar-refractivity contribution in [2.24, 2.45) is 0 Å². The third-order valence-corrected chi connectivity index (χ3v) is 4.88. The zero-order chi connectivity index (χ0) is 22.5. The number of benzene rings is 2. The number of hydrogen-bond acceptors (Lipinski definition) is 6. The maximum absolute atomic E-state index is 12.5. The maximum Gasteiger partial charge on any atom is 0.338 e. The van der Waals surface area contributed by atoms with Gasteiger partial charge in [-0.2, -0.15) is 0 Å². The molecule has 0 aromatic heterocycles. The lowest BCUT2D eigenvalue weighted by molar-refractivity contribution is -0.125. The Balaban J connectivity index is 1.57. The normalized spacial score (nSPS) is 15.0. The number of ketones is 1. The molecule has 1 atom stereocenters. The number of nitrogens with zero attached hydrogens (tertiary/aromatic N) is 1. The van der Waals surface area contributed by atoms with Gasteiger partial charge < -0.3 is 19.7 Å². The second-order valence-electron chi connectivity index (χ2n) is 7.11. The summed E-state index contributed by atoms with van der Waals surface area (Å²) in [7, 11) is 1.63. The molecule has 31 heavy (non-hydrogen) atoms. The first-order chi connectivity index (χ1) is 14.8. The Hall–Kier alpha value is -3.68. The Kier molecular flexibility index (Phi) is 6.69. The van der Waals surface area contributed by atoms with Crippen molar-refractivity contribution in [2.75, 3.05) is 23.9 Å². The summed E-state index contributed by atoms with van der Waals surface area (Å²) < 4.78 is 10.5. The van der Waals surface area contributed by atoms with Crippen LogP contribution in [-0.2, 0) is 14.3 Å². The van der Waals surface area contributed by atoms with Gasteiger partial charge in [0.1, 0.15) is 5.75 Å². The van der Waals surface area contributed by atoms with Gasteiger partial charge in [0.2, 0.25) is 5.91 Å². The van der Waals surface area contributed by atoms with Crippen LogP contribution in [-0.4, -0.2) is 43.3 Å². The molecular weight excluding hydrogens is 400 g/mol. The van der Waals surface area contributed by atoms with Gasteiger partial charge in [-0.1, -0.05) is 0 Å². The Labute approximate surface area is 180 Å². The van der Waals surface area contributed by atoms with Crippen LogP contribution < -0.4 is 15.0 Å². The highest BCUT2D eigenvalue weighted by Crippen LogP contribution is 2.34. The van der Waals surface area contributed by atoms with E-state index in [2.05, 4.69) is 5.32 Å². The van der Waals surface area contributed by atoms with E-state index >= 15 is 0 Å². The number of carbonyl (C=O) groups is 4. The highest BCUT2D eigenvalue weighted by atomic mass is 16.5. The molecule has 0 radical (unpaired) electrons. The van der Waals surface area contributed by atoms with E-state index in [9.17, 15) is 19.2 Å². The van der Waals surface area contributed by atoms with Crippen LogP contribution in [0.4, 0.5) is 11.4 Å². The smallest absolute Gasteiger partial charge is 0.338 e. The summed E-state index contributed by atoms with van der Waals surface area (Å²) in [6.07, 6.45) is -0.563. The van der Waals surface area contributed by atoms with Crippen LogP contribution in [0.25, 0.3) is 0 Å². The molecule has 162 valence electrons. The summed E-state index contributed by atoms with van der Waals surface area (Å²) in [6.45, 7) is 3.68. The van der Waals surface area contributed by atoms with Crippen molar-refractivity contribution >= 4 is 34.9 Å². The number of esters is 1. The molecule has 1 N–H and O–H groups in total. The molecule has 1 unspecified atom stereocenters. The lowest BCUT2D eigenvalue weighted by atomic mass is 10.0. The monoisotopic (exact) mass is 424 g/mol. The van der Waals surface area contributed by atoms with Gasteiger partial charge in [0.25, 0.3) is 5.91 Å². The first-order valence-electron chi connectivity index (χ1n) is 9.98. The van der Waals surface area contributed by atoms with Gasteiger partial charge in [0.05, 0.1) is 17.9 Å². The third kappa shape index (κ3) is 5.09. The fourth-order valence-electron chi connectivity index (χ4n) is 3.18. The van der Waals surface area contributed by atoms with Crippen LogP contribution in [0, 0.1) is 0 Å². The highest BCUT2D eigenvalue weighted by molar-refractivity contribution is 6.04. The average Bonchev–Trinajstić information content (AvgIpc) is 2.76. The Morgan fingerprint density at radius 1 is 1.06 bits per heavy atom. The van der Waals surface area contributed by atoms with Crippen LogP contribution in [0.15, 0.2) is 42.5 Å². The molecule has 0 saturated carbocycles. The SMILES string of the molecule is CCOC(=O)c1ccc(NC(=O)CCC(=O)c2ccc3c(c2)N(C)C(=O)C(C)O3)cc1. The minimum absolute atomic E-state index is 0.00213. The van der Waals surface area contributed by atoms with Crippen LogP contribution in [0.2, 0.25) is 0 Å². The van der Waals surface area contributed by atoms with E-state index in [1.165, 1.54) is 4.90 Å². The molecule has 8 nitrogen and oxygen atoms in total. The molecule has 2 aromatic rings. The molecule has 0 saturated heterocycles. The molecule has 0 fully saturated rings. The lowest BCUT2D eigenvalue weighted by Gasteiger charge is -2.30. The minimum Gasteiger partial charge on any atom is -0.479 e. The van der Waals surface area contributed by atoms with Crippen molar-refractivity contribution in [3.05, 3.63) is 53.6 Å². The number of carbonyl (C=O) groups excluding carboxylic acids is 4. The van der Waals surface area contributed by atoms with E-state index in [4.69, 9.17) is 9.47 Å². The van der Waals surface area contributed by atoms with Crippen molar-refractivity contribution in [1.82, 2.24) is 0 Å². The summed E-state index contributed by atoms with van der Waals surface area (Å²) >= 11 is 0. The Morgan fingerprint density at radius 2 is 1.74 bits per heavy atom. The molecule has 8 heteroatoms. The minimum atomic E-state index is -0.575. The van der Waals surface area contributed by atoms with Gasteiger partial charge in [-0.15, -0.1) is 0 Å². The Bertz CT molecular complexity index is 1020. The topological polar surface area (TPSA) is 102 Å². The molecule has 1 aliphatic rings. The van der Waals surface area contributed by atoms with Crippen LogP contribution in [0.3, 0.4) is 0 Å². The van der Waals surface area contributed by atoms with Crippen LogP contribution in [0.5, 0.6) is 5.75 Å². The fraction of sp³-hybridized carbons (Fsp3) is 0.304. The summed E-state index contributed by atoms with van der Waals surface area (Å²) in [4.78, 5) is 50.0. The van der Waals surface area contributed by atoms with E-state index in [1.807, 2.05) is 0 Å². The maximum atomic E-state index is 12.5. The number of amides is 2. The molecular formula is C23H24N2O6. The molecule has 3 rings (SSSR count). The third-order valence-electron chi connectivity index (χ3n) is 4.88. The van der Waals surface area contributed by atoms with E-state index in [-0.39, 0.29) is 37.0 Å². The van der Waals surface area contributed by atoms with E-state index in [0.717, 1.165) is 0 Å². The van der Waals surface area contributed by atoms with E-state index in [1.54, 1.807) is 63.4 Å². The summed E-state index contributed by atoms with van der Waals surface area (Å²) in [6, 6.07) is 11.2. The van der Waals surface area contributed by atoms with Gasteiger partial charge in [0.15, 0.2) is 11.9 Å². The zero-order valence-electron chi connectivity index (χ0n) is 17.6. The molecule has 1 aliphatic heterocycles. The van der Waals surface area contributed by atoms with Crippen LogP contribution >= 0.6 is 0 Å². The second kappa shape index (κ2) is 9.42. The molecule has 0 spiro atoms. The Morgan fingerprint density at radius 3 is 2.42 bits per heavy atom. The lowest BCUT2D eigenvalue weighted by Crippen LogP contribution is -2.42.